The van der Waals surface area contributed by atoms with Crippen LogP contribution in [0.1, 0.15) is 66.9 Å². The van der Waals surface area contributed by atoms with Gasteiger partial charge in [-0.1, -0.05) is 39.8 Å². The van der Waals surface area contributed by atoms with Gasteiger partial charge in [0.25, 0.3) is 0 Å². The largest absolute Gasteiger partial charge is 0.444 e. The molecular weight excluding hydrogens is 497 g/mol. The van der Waals surface area contributed by atoms with Gasteiger partial charge in [0.1, 0.15) is 5.60 Å². The zero-order valence-electron chi connectivity index (χ0n) is 23.5. The summed E-state index contributed by atoms with van der Waals surface area (Å²) in [5.41, 5.74) is 1.97. The van der Waals surface area contributed by atoms with Crippen molar-refractivity contribution in [1.29, 1.82) is 0 Å². The molecule has 0 unspecified atom stereocenters. The molecule has 0 bridgehead atoms. The highest BCUT2D eigenvalue weighted by molar-refractivity contribution is 6.18. The highest BCUT2D eigenvalue weighted by Crippen LogP contribution is 2.24. The van der Waals surface area contributed by atoms with Crippen LogP contribution in [0.4, 0.5) is 10.5 Å². The molecule has 0 spiro atoms. The average Bonchev–Trinajstić information content (AvgIpc) is 2.75. The summed E-state index contributed by atoms with van der Waals surface area (Å²) in [4.78, 5) is 14.0. The first-order valence-corrected chi connectivity index (χ1v) is 14.0. The number of carbonyl (C=O) groups is 1. The Morgan fingerprint density at radius 2 is 1.39 bits per heavy atom. The molecule has 0 aromatic heterocycles. The predicted octanol–water partition coefficient (Wildman–Crippen LogP) is 6.43. The maximum Gasteiger partial charge on any atom is 0.407 e. The molecule has 1 aromatic rings. The Kier molecular flexibility index (Phi) is 14.5. The van der Waals surface area contributed by atoms with E-state index in [0.717, 1.165) is 44.7 Å². The number of benzene rings is 1. The lowest BCUT2D eigenvalue weighted by Crippen LogP contribution is -2.35. The third-order valence-electron chi connectivity index (χ3n) is 5.77. The number of alkyl carbamates (subject to hydrolysis) is 1. The third kappa shape index (κ3) is 15.1. The number of hydrogen-bond donors (Lipinski definition) is 2. The second kappa shape index (κ2) is 15.9. The molecule has 0 aliphatic carbocycles. The van der Waals surface area contributed by atoms with E-state index in [-0.39, 0.29) is 16.9 Å². The Labute approximate surface area is 229 Å². The third-order valence-corrected chi connectivity index (χ3v) is 6.11. The van der Waals surface area contributed by atoms with E-state index in [9.17, 15) is 4.79 Å². The molecule has 0 radical (unpaired) electrons. The fourth-order valence-electron chi connectivity index (χ4n) is 3.62. The minimum Gasteiger partial charge on any atom is -0.444 e. The predicted molar refractivity (Wildman–Crippen MR) is 154 cm³/mol. The number of ether oxygens (including phenoxy) is 2. The summed E-state index contributed by atoms with van der Waals surface area (Å²) in [5.74, 6) is 1.17. The maximum atomic E-state index is 11.8. The van der Waals surface area contributed by atoms with Crippen LogP contribution in [0, 0.1) is 10.8 Å². The summed E-state index contributed by atoms with van der Waals surface area (Å²) in [5, 5.41) is 6.39. The number of rotatable bonds is 17. The molecule has 0 aliphatic rings. The molecule has 1 amide bonds. The molecule has 0 saturated carbocycles. The van der Waals surface area contributed by atoms with Gasteiger partial charge >= 0.3 is 6.09 Å². The van der Waals surface area contributed by atoms with Crippen molar-refractivity contribution < 1.29 is 14.3 Å². The van der Waals surface area contributed by atoms with E-state index in [1.165, 1.54) is 5.56 Å². The summed E-state index contributed by atoms with van der Waals surface area (Å²) < 4.78 is 11.4. The molecule has 0 aliphatic heterocycles. The summed E-state index contributed by atoms with van der Waals surface area (Å²) in [6.07, 6.45) is 1.47. The van der Waals surface area contributed by atoms with Crippen molar-refractivity contribution in [3.8, 4) is 0 Å². The van der Waals surface area contributed by atoms with Crippen LogP contribution in [-0.4, -0.2) is 62.8 Å². The number of nitrogens with zero attached hydrogens (tertiary/aromatic N) is 1. The summed E-state index contributed by atoms with van der Waals surface area (Å²) in [7, 11) is 0. The first-order chi connectivity index (χ1) is 16.8. The van der Waals surface area contributed by atoms with Gasteiger partial charge in [-0.3, -0.25) is 0 Å². The van der Waals surface area contributed by atoms with Gasteiger partial charge in [-0.15, -0.1) is 23.2 Å². The SMILES string of the molecule is CC(C)(CCNCc1ccc(N(CCCl)CCCl)cc1)COCC(C)(C)CCNC(=O)OC(C)(C)C. The first-order valence-electron chi connectivity index (χ1n) is 13.0. The van der Waals surface area contributed by atoms with Gasteiger partial charge in [-0.05, 0) is 68.7 Å². The molecule has 6 nitrogen and oxygen atoms in total. The number of hydrogen-bond acceptors (Lipinski definition) is 5. The summed E-state index contributed by atoms with van der Waals surface area (Å²) in [6, 6.07) is 8.59. The standard InChI is InChI=1S/C28H49Cl2N3O3/c1-26(2,3)36-25(34)32-17-13-28(6,7)22-35-21-27(4,5)12-16-31-20-23-8-10-24(11-9-23)33(18-14-29)19-15-30/h8-11,31H,12-22H2,1-7H3,(H,32,34). The van der Waals surface area contributed by atoms with Crippen LogP contribution < -0.4 is 15.5 Å². The molecular formula is C28H49Cl2N3O3. The first kappa shape index (κ1) is 32.8. The van der Waals surface area contributed by atoms with Crippen LogP contribution in [-0.2, 0) is 16.0 Å². The second-order valence-corrected chi connectivity index (χ2v) is 12.7. The van der Waals surface area contributed by atoms with E-state index in [4.69, 9.17) is 32.7 Å². The van der Waals surface area contributed by atoms with Gasteiger partial charge in [0, 0.05) is 43.6 Å². The zero-order chi connectivity index (χ0) is 27.2. The second-order valence-electron chi connectivity index (χ2n) is 12.0. The van der Waals surface area contributed by atoms with Crippen molar-refractivity contribution in [3.63, 3.8) is 0 Å². The molecule has 8 heteroatoms. The number of carbonyl (C=O) groups excluding carboxylic acids is 1. The minimum absolute atomic E-state index is 0.0292. The smallest absolute Gasteiger partial charge is 0.407 e. The molecule has 2 N–H and O–H groups in total. The van der Waals surface area contributed by atoms with Crippen LogP contribution in [0.15, 0.2) is 24.3 Å². The van der Waals surface area contributed by atoms with Crippen molar-refractivity contribution in [3.05, 3.63) is 29.8 Å². The minimum atomic E-state index is -0.482. The Morgan fingerprint density at radius 3 is 1.89 bits per heavy atom. The van der Waals surface area contributed by atoms with Crippen LogP contribution in [0.2, 0.25) is 0 Å². The van der Waals surface area contributed by atoms with Gasteiger partial charge in [0.15, 0.2) is 0 Å². The Balaban J connectivity index is 2.30. The lowest BCUT2D eigenvalue weighted by molar-refractivity contribution is 0.00929. The lowest BCUT2D eigenvalue weighted by Gasteiger charge is -2.29. The van der Waals surface area contributed by atoms with Crippen molar-refractivity contribution in [2.75, 3.05) is 56.1 Å². The number of alkyl halides is 2. The van der Waals surface area contributed by atoms with E-state index < -0.39 is 5.60 Å². The molecule has 1 aromatic carbocycles. The van der Waals surface area contributed by atoms with Crippen molar-refractivity contribution >= 4 is 35.0 Å². The van der Waals surface area contributed by atoms with Gasteiger partial charge in [-0.25, -0.2) is 4.79 Å². The summed E-state index contributed by atoms with van der Waals surface area (Å²) >= 11 is 11.8. The molecule has 0 fully saturated rings. The molecule has 36 heavy (non-hydrogen) atoms. The molecule has 0 heterocycles. The van der Waals surface area contributed by atoms with Gasteiger partial charge in [0.2, 0.25) is 0 Å². The number of anilines is 1. The molecule has 1 rings (SSSR count). The number of halogens is 2. The fourth-order valence-corrected chi connectivity index (χ4v) is 4.03. The van der Waals surface area contributed by atoms with Crippen LogP contribution in [0.3, 0.4) is 0 Å². The lowest BCUT2D eigenvalue weighted by atomic mass is 9.89. The zero-order valence-corrected chi connectivity index (χ0v) is 25.0. The van der Waals surface area contributed by atoms with E-state index in [1.807, 2.05) is 20.8 Å². The van der Waals surface area contributed by atoms with Crippen LogP contribution >= 0.6 is 23.2 Å². The van der Waals surface area contributed by atoms with E-state index in [0.29, 0.717) is 31.5 Å². The Hall–Kier alpha value is -1.21. The van der Waals surface area contributed by atoms with E-state index >= 15 is 0 Å². The van der Waals surface area contributed by atoms with Gasteiger partial charge in [0.05, 0.1) is 13.2 Å². The number of amides is 1. The Bertz CT molecular complexity index is 743. The highest BCUT2D eigenvalue weighted by Gasteiger charge is 2.23. The maximum absolute atomic E-state index is 11.8. The average molecular weight is 547 g/mol. The highest BCUT2D eigenvalue weighted by atomic mass is 35.5. The quantitative estimate of drug-likeness (QED) is 0.174. The van der Waals surface area contributed by atoms with Crippen molar-refractivity contribution in [1.82, 2.24) is 10.6 Å². The van der Waals surface area contributed by atoms with Gasteiger partial charge < -0.3 is 25.0 Å². The topological polar surface area (TPSA) is 62.8 Å². The van der Waals surface area contributed by atoms with Crippen LogP contribution in [0.5, 0.6) is 0 Å². The molecule has 0 saturated heterocycles. The van der Waals surface area contributed by atoms with Gasteiger partial charge in [-0.2, -0.15) is 0 Å². The number of nitrogens with one attached hydrogen (secondary N) is 2. The normalized spacial score (nSPS) is 12.5. The van der Waals surface area contributed by atoms with Crippen molar-refractivity contribution in [2.45, 2.75) is 73.5 Å². The van der Waals surface area contributed by atoms with Crippen molar-refractivity contribution in [2.24, 2.45) is 10.8 Å². The van der Waals surface area contributed by atoms with E-state index in [1.54, 1.807) is 0 Å². The monoisotopic (exact) mass is 545 g/mol. The summed E-state index contributed by atoms with van der Waals surface area (Å²) in [6.45, 7) is 19.6. The van der Waals surface area contributed by atoms with E-state index in [2.05, 4.69) is 67.5 Å². The fraction of sp³-hybridized carbons (Fsp3) is 0.750. The molecule has 208 valence electrons. The van der Waals surface area contributed by atoms with Crippen LogP contribution in [0.25, 0.3) is 0 Å². The Morgan fingerprint density at radius 1 is 0.861 bits per heavy atom. The molecule has 0 atom stereocenters.